The fourth-order valence-corrected chi connectivity index (χ4v) is 1.61. The number of methoxy groups -OCH3 is 2. The Balaban J connectivity index is 2.94. The Labute approximate surface area is 123 Å². The van der Waals surface area contributed by atoms with Crippen LogP contribution in [0.4, 0.5) is 0 Å². The molecule has 0 aliphatic carbocycles. The zero-order valence-corrected chi connectivity index (χ0v) is 12.5. The molecule has 21 heavy (non-hydrogen) atoms. The first-order valence-electron chi connectivity index (χ1n) is 6.23. The number of carbonyl (C=O) groups excluding carboxylic acids is 1. The highest BCUT2D eigenvalue weighted by Gasteiger charge is 2.17. The molecule has 0 atom stereocenters. The van der Waals surface area contributed by atoms with Gasteiger partial charge in [0.15, 0.2) is 11.5 Å². The summed E-state index contributed by atoms with van der Waals surface area (Å²) in [6, 6.07) is 2.68. The SMILES string of the molecule is COc1cc(C(=O)O)cc(OC)c1OCCC(=O)N(C)C. The van der Waals surface area contributed by atoms with E-state index in [0.29, 0.717) is 0 Å². The van der Waals surface area contributed by atoms with E-state index in [0.717, 1.165) is 0 Å². The van der Waals surface area contributed by atoms with Crippen LogP contribution in [0.15, 0.2) is 12.1 Å². The molecular formula is C14H19NO6. The third-order valence-corrected chi connectivity index (χ3v) is 2.77. The van der Waals surface area contributed by atoms with Crippen LogP contribution in [-0.2, 0) is 4.79 Å². The van der Waals surface area contributed by atoms with Crippen molar-refractivity contribution in [3.63, 3.8) is 0 Å². The third kappa shape index (κ3) is 4.27. The molecule has 0 aromatic heterocycles. The molecular weight excluding hydrogens is 278 g/mol. The molecule has 7 heteroatoms. The number of carboxylic acids is 1. The highest BCUT2D eigenvalue weighted by Crippen LogP contribution is 2.38. The van der Waals surface area contributed by atoms with Crippen molar-refractivity contribution in [2.45, 2.75) is 6.42 Å². The van der Waals surface area contributed by atoms with Crippen molar-refractivity contribution in [1.82, 2.24) is 4.90 Å². The van der Waals surface area contributed by atoms with E-state index in [1.54, 1.807) is 14.1 Å². The minimum Gasteiger partial charge on any atom is -0.493 e. The molecule has 1 aromatic rings. The molecule has 0 spiro atoms. The second kappa shape index (κ2) is 7.37. The lowest BCUT2D eigenvalue weighted by Crippen LogP contribution is -2.23. The summed E-state index contributed by atoms with van der Waals surface area (Å²) in [5, 5.41) is 9.02. The summed E-state index contributed by atoms with van der Waals surface area (Å²) in [5.41, 5.74) is 0.0282. The summed E-state index contributed by atoms with van der Waals surface area (Å²) in [4.78, 5) is 24.0. The number of ether oxygens (including phenoxy) is 3. The molecule has 0 heterocycles. The molecule has 0 saturated carbocycles. The summed E-state index contributed by atoms with van der Waals surface area (Å²) in [5.74, 6) is -0.416. The highest BCUT2D eigenvalue weighted by atomic mass is 16.5. The topological polar surface area (TPSA) is 85.3 Å². The standard InChI is InChI=1S/C14H19NO6/c1-15(2)12(16)5-6-21-13-10(19-3)7-9(14(17)18)8-11(13)20-4/h7-8H,5-6H2,1-4H3,(H,17,18). The van der Waals surface area contributed by atoms with Crippen molar-refractivity contribution in [2.24, 2.45) is 0 Å². The molecule has 1 amide bonds. The van der Waals surface area contributed by atoms with Crippen molar-refractivity contribution in [1.29, 1.82) is 0 Å². The first-order chi connectivity index (χ1) is 9.90. The van der Waals surface area contributed by atoms with Crippen LogP contribution < -0.4 is 14.2 Å². The minimum atomic E-state index is -1.10. The van der Waals surface area contributed by atoms with Gasteiger partial charge in [0.2, 0.25) is 11.7 Å². The van der Waals surface area contributed by atoms with E-state index in [1.165, 1.54) is 31.3 Å². The van der Waals surface area contributed by atoms with Crippen molar-refractivity contribution >= 4 is 11.9 Å². The van der Waals surface area contributed by atoms with Gasteiger partial charge in [0, 0.05) is 14.1 Å². The Morgan fingerprint density at radius 2 is 1.67 bits per heavy atom. The quantitative estimate of drug-likeness (QED) is 0.815. The van der Waals surface area contributed by atoms with E-state index in [2.05, 4.69) is 0 Å². The number of aromatic carboxylic acids is 1. The molecule has 1 aromatic carbocycles. The van der Waals surface area contributed by atoms with Gasteiger partial charge in [0.25, 0.3) is 0 Å². The molecule has 0 aliphatic heterocycles. The number of amides is 1. The average Bonchev–Trinajstić information content (AvgIpc) is 2.46. The fraction of sp³-hybridized carbons (Fsp3) is 0.429. The van der Waals surface area contributed by atoms with Gasteiger partial charge < -0.3 is 24.2 Å². The maximum atomic E-state index is 11.5. The molecule has 0 bridgehead atoms. The maximum absolute atomic E-state index is 11.5. The van der Waals surface area contributed by atoms with Crippen LogP contribution >= 0.6 is 0 Å². The van der Waals surface area contributed by atoms with Gasteiger partial charge >= 0.3 is 5.97 Å². The first-order valence-corrected chi connectivity index (χ1v) is 6.23. The van der Waals surface area contributed by atoms with Crippen molar-refractivity contribution in [2.75, 3.05) is 34.9 Å². The van der Waals surface area contributed by atoms with E-state index < -0.39 is 5.97 Å². The summed E-state index contributed by atoms with van der Waals surface area (Å²) < 4.78 is 15.8. The Hall–Kier alpha value is -2.44. The molecule has 0 fully saturated rings. The highest BCUT2D eigenvalue weighted by molar-refractivity contribution is 5.89. The second-order valence-corrected chi connectivity index (χ2v) is 4.40. The van der Waals surface area contributed by atoms with Crippen molar-refractivity contribution in [3.8, 4) is 17.2 Å². The van der Waals surface area contributed by atoms with Crippen LogP contribution in [0.1, 0.15) is 16.8 Å². The van der Waals surface area contributed by atoms with Gasteiger partial charge in [-0.25, -0.2) is 4.79 Å². The fourth-order valence-electron chi connectivity index (χ4n) is 1.61. The zero-order chi connectivity index (χ0) is 16.0. The van der Waals surface area contributed by atoms with Crippen molar-refractivity contribution in [3.05, 3.63) is 17.7 Å². The minimum absolute atomic E-state index is 0.0282. The molecule has 1 rings (SSSR count). The summed E-state index contributed by atoms with van der Waals surface area (Å²) >= 11 is 0. The molecule has 0 radical (unpaired) electrons. The summed E-state index contributed by atoms with van der Waals surface area (Å²) in [6.45, 7) is 0.135. The first kappa shape index (κ1) is 16.6. The molecule has 0 unspecified atom stereocenters. The molecule has 1 N–H and O–H groups in total. The largest absolute Gasteiger partial charge is 0.493 e. The van der Waals surface area contributed by atoms with Gasteiger partial charge in [0.05, 0.1) is 32.8 Å². The van der Waals surface area contributed by atoms with Crippen LogP contribution in [0.5, 0.6) is 17.2 Å². The number of carboxylic acid groups (broad SMARTS) is 1. The predicted molar refractivity (Wildman–Crippen MR) is 75.3 cm³/mol. The van der Waals surface area contributed by atoms with Crippen LogP contribution in [0.2, 0.25) is 0 Å². The van der Waals surface area contributed by atoms with Gasteiger partial charge in [-0.2, -0.15) is 0 Å². The number of rotatable bonds is 7. The lowest BCUT2D eigenvalue weighted by molar-refractivity contribution is -0.129. The van der Waals surface area contributed by atoms with E-state index in [4.69, 9.17) is 19.3 Å². The lowest BCUT2D eigenvalue weighted by Gasteiger charge is -2.16. The number of nitrogens with zero attached hydrogens (tertiary/aromatic N) is 1. The van der Waals surface area contributed by atoms with E-state index in [-0.39, 0.29) is 41.7 Å². The normalized spacial score (nSPS) is 9.90. The smallest absolute Gasteiger partial charge is 0.335 e. The Kier molecular flexibility index (Phi) is 5.83. The summed E-state index contributed by atoms with van der Waals surface area (Å²) in [7, 11) is 6.12. The monoisotopic (exact) mass is 297 g/mol. The number of benzene rings is 1. The summed E-state index contributed by atoms with van der Waals surface area (Å²) in [6.07, 6.45) is 0.194. The number of hydrogen-bond donors (Lipinski definition) is 1. The molecule has 0 saturated heterocycles. The molecule has 0 aliphatic rings. The second-order valence-electron chi connectivity index (χ2n) is 4.40. The Bertz CT molecular complexity index is 501. The average molecular weight is 297 g/mol. The van der Waals surface area contributed by atoms with E-state index in [9.17, 15) is 9.59 Å². The van der Waals surface area contributed by atoms with Gasteiger partial charge in [-0.05, 0) is 12.1 Å². The molecule has 116 valence electrons. The van der Waals surface area contributed by atoms with Gasteiger partial charge in [-0.15, -0.1) is 0 Å². The van der Waals surface area contributed by atoms with E-state index >= 15 is 0 Å². The van der Waals surface area contributed by atoms with Gasteiger partial charge in [-0.3, -0.25) is 4.79 Å². The van der Waals surface area contributed by atoms with E-state index in [1.807, 2.05) is 0 Å². The van der Waals surface area contributed by atoms with Gasteiger partial charge in [-0.1, -0.05) is 0 Å². The van der Waals surface area contributed by atoms with Crippen molar-refractivity contribution < 1.29 is 28.9 Å². The Morgan fingerprint density at radius 3 is 2.05 bits per heavy atom. The number of carbonyl (C=O) groups is 2. The number of hydrogen-bond acceptors (Lipinski definition) is 5. The maximum Gasteiger partial charge on any atom is 0.335 e. The zero-order valence-electron chi connectivity index (χ0n) is 12.5. The van der Waals surface area contributed by atoms with Gasteiger partial charge in [0.1, 0.15) is 0 Å². The third-order valence-electron chi connectivity index (χ3n) is 2.77. The molecule has 7 nitrogen and oxygen atoms in total. The van der Waals surface area contributed by atoms with Crippen LogP contribution in [0.25, 0.3) is 0 Å². The Morgan fingerprint density at radius 1 is 1.14 bits per heavy atom. The lowest BCUT2D eigenvalue weighted by atomic mass is 10.2. The van der Waals surface area contributed by atoms with Crippen LogP contribution in [0.3, 0.4) is 0 Å². The predicted octanol–water partition coefficient (Wildman–Crippen LogP) is 1.26. The van der Waals surface area contributed by atoms with Crippen LogP contribution in [0, 0.1) is 0 Å². The van der Waals surface area contributed by atoms with Crippen LogP contribution in [-0.4, -0.2) is 56.8 Å².